The van der Waals surface area contributed by atoms with Crippen molar-refractivity contribution in [2.75, 3.05) is 13.2 Å². The van der Waals surface area contributed by atoms with E-state index >= 15 is 0 Å². The van der Waals surface area contributed by atoms with E-state index in [1.807, 2.05) is 27.7 Å². The summed E-state index contributed by atoms with van der Waals surface area (Å²) in [6.07, 6.45) is 1.64. The van der Waals surface area contributed by atoms with E-state index in [4.69, 9.17) is 9.47 Å². The Kier molecular flexibility index (Phi) is 8.29. The van der Waals surface area contributed by atoms with Crippen LogP contribution in [0.1, 0.15) is 48.1 Å². The Hall–Kier alpha value is -1.84. The van der Waals surface area contributed by atoms with Gasteiger partial charge < -0.3 is 9.47 Å². The van der Waals surface area contributed by atoms with Crippen LogP contribution in [0.2, 0.25) is 0 Å². The molecule has 0 bridgehead atoms. The molecule has 0 aliphatic carbocycles. The largest absolute Gasteiger partial charge is 0.488 e. The second-order valence-corrected chi connectivity index (χ2v) is 3.93. The number of pyridine rings is 1. The predicted molar refractivity (Wildman–Crippen MR) is 81.4 cm³/mol. The average molecular weight is 279 g/mol. The summed E-state index contributed by atoms with van der Waals surface area (Å²) < 4.78 is 10.6. The first-order chi connectivity index (χ1) is 9.52. The van der Waals surface area contributed by atoms with Crippen molar-refractivity contribution in [1.82, 2.24) is 4.98 Å². The first kappa shape index (κ1) is 18.2. The lowest BCUT2D eigenvalue weighted by Gasteiger charge is -2.15. The summed E-state index contributed by atoms with van der Waals surface area (Å²) in [7, 11) is 0. The van der Waals surface area contributed by atoms with Crippen molar-refractivity contribution in [1.29, 1.82) is 0 Å². The van der Waals surface area contributed by atoms with E-state index in [0.29, 0.717) is 30.2 Å². The Balaban J connectivity index is 0.00000172. The van der Waals surface area contributed by atoms with E-state index < -0.39 is 5.97 Å². The molecule has 0 unspecified atom stereocenters. The summed E-state index contributed by atoms with van der Waals surface area (Å²) in [5.74, 6) is 0.142. The topological polar surface area (TPSA) is 48.4 Å². The van der Waals surface area contributed by atoms with Crippen LogP contribution < -0.4 is 4.74 Å². The van der Waals surface area contributed by atoms with Gasteiger partial charge in [-0.2, -0.15) is 0 Å². The molecule has 4 nitrogen and oxygen atoms in total. The number of nitrogens with zero attached hydrogens (tertiary/aromatic N) is 1. The predicted octanol–water partition coefficient (Wildman–Crippen LogP) is 3.77. The molecule has 1 heterocycles. The third kappa shape index (κ3) is 4.37. The molecule has 1 rings (SSSR count). The molecular weight excluding hydrogens is 254 g/mol. The summed E-state index contributed by atoms with van der Waals surface area (Å²) in [6, 6.07) is 0. The van der Waals surface area contributed by atoms with E-state index in [1.165, 1.54) is 0 Å². The fourth-order valence-corrected chi connectivity index (χ4v) is 1.67. The molecule has 0 aromatic carbocycles. The van der Waals surface area contributed by atoms with Crippen molar-refractivity contribution >= 4 is 5.97 Å². The van der Waals surface area contributed by atoms with Crippen LogP contribution in [0.4, 0.5) is 0 Å². The zero-order valence-electron chi connectivity index (χ0n) is 13.4. The number of aromatic nitrogens is 1. The smallest absolute Gasteiger partial charge is 0.343 e. The van der Waals surface area contributed by atoms with Crippen molar-refractivity contribution in [3.05, 3.63) is 35.2 Å². The van der Waals surface area contributed by atoms with Crippen molar-refractivity contribution in [2.24, 2.45) is 0 Å². The highest BCUT2D eigenvalue weighted by Gasteiger charge is 2.21. The third-order valence-electron chi connectivity index (χ3n) is 2.63. The van der Waals surface area contributed by atoms with Gasteiger partial charge in [0.2, 0.25) is 0 Å². The van der Waals surface area contributed by atoms with E-state index in [-0.39, 0.29) is 0 Å². The van der Waals surface area contributed by atoms with Gasteiger partial charge in [-0.1, -0.05) is 26.5 Å². The third-order valence-corrected chi connectivity index (χ3v) is 2.63. The molecule has 4 heteroatoms. The Morgan fingerprint density at radius 3 is 2.35 bits per heavy atom. The lowest BCUT2D eigenvalue weighted by molar-refractivity contribution is 0.0520. The highest BCUT2D eigenvalue weighted by atomic mass is 16.5. The minimum atomic E-state index is -0.398. The minimum absolute atomic E-state index is 0.325. The second kappa shape index (κ2) is 9.13. The Morgan fingerprint density at radius 2 is 1.85 bits per heavy atom. The molecule has 0 atom stereocenters. The van der Waals surface area contributed by atoms with Crippen molar-refractivity contribution in [3.63, 3.8) is 0 Å². The summed E-state index contributed by atoms with van der Waals surface area (Å²) in [5.41, 5.74) is 2.72. The summed E-state index contributed by atoms with van der Waals surface area (Å²) in [4.78, 5) is 16.3. The number of hydrogen-bond donors (Lipinski definition) is 0. The number of aryl methyl sites for hydroxylation is 2. The van der Waals surface area contributed by atoms with Gasteiger partial charge in [-0.05, 0) is 27.7 Å². The Labute approximate surface area is 121 Å². The first-order valence-corrected chi connectivity index (χ1v) is 6.91. The molecule has 1 aromatic rings. The molecule has 0 aliphatic rings. The standard InChI is InChI=1S/C14H19NO3.C2H6/c1-6-8-18-13-9(3)10(4)15-11(5)12(13)14(16)17-7-2;1-2/h6H,1,7-8H2,2-5H3;1-2H3. The molecular formula is C16H25NO3. The number of ether oxygens (including phenoxy) is 2. The number of carbonyl (C=O) groups excluding carboxylic acids is 1. The molecule has 20 heavy (non-hydrogen) atoms. The molecule has 0 N–H and O–H groups in total. The quantitative estimate of drug-likeness (QED) is 0.608. The molecule has 0 amide bonds. The fourth-order valence-electron chi connectivity index (χ4n) is 1.67. The van der Waals surface area contributed by atoms with Gasteiger partial charge in [0.1, 0.15) is 17.9 Å². The van der Waals surface area contributed by atoms with E-state index in [0.717, 1.165) is 11.3 Å². The summed E-state index contributed by atoms with van der Waals surface area (Å²) >= 11 is 0. The van der Waals surface area contributed by atoms with Crippen LogP contribution in [0.3, 0.4) is 0 Å². The molecule has 0 saturated carbocycles. The van der Waals surface area contributed by atoms with Gasteiger partial charge in [-0.25, -0.2) is 4.79 Å². The molecule has 1 aromatic heterocycles. The van der Waals surface area contributed by atoms with Crippen LogP contribution in [0.5, 0.6) is 5.75 Å². The van der Waals surface area contributed by atoms with Gasteiger partial charge in [-0.3, -0.25) is 4.98 Å². The Morgan fingerprint density at radius 1 is 1.25 bits per heavy atom. The second-order valence-electron chi connectivity index (χ2n) is 3.93. The van der Waals surface area contributed by atoms with E-state index in [1.54, 1.807) is 19.9 Å². The number of carbonyl (C=O) groups is 1. The van der Waals surface area contributed by atoms with Gasteiger partial charge >= 0.3 is 5.97 Å². The molecule has 0 aliphatic heterocycles. The van der Waals surface area contributed by atoms with Gasteiger partial charge in [0.25, 0.3) is 0 Å². The molecule has 0 saturated heterocycles. The molecule has 112 valence electrons. The number of rotatable bonds is 5. The van der Waals surface area contributed by atoms with Crippen LogP contribution >= 0.6 is 0 Å². The Bertz CT molecular complexity index is 467. The maximum atomic E-state index is 11.9. The lowest BCUT2D eigenvalue weighted by Crippen LogP contribution is -2.13. The van der Waals surface area contributed by atoms with Gasteiger partial charge in [-0.15, -0.1) is 0 Å². The molecule has 0 radical (unpaired) electrons. The van der Waals surface area contributed by atoms with Crippen molar-refractivity contribution in [2.45, 2.75) is 41.5 Å². The van der Waals surface area contributed by atoms with Crippen LogP contribution in [0.25, 0.3) is 0 Å². The lowest BCUT2D eigenvalue weighted by atomic mass is 10.1. The maximum Gasteiger partial charge on any atom is 0.343 e. The van der Waals surface area contributed by atoms with E-state index in [2.05, 4.69) is 11.6 Å². The van der Waals surface area contributed by atoms with Gasteiger partial charge in [0.05, 0.1) is 12.3 Å². The molecule has 0 fully saturated rings. The highest BCUT2D eigenvalue weighted by Crippen LogP contribution is 2.28. The first-order valence-electron chi connectivity index (χ1n) is 6.91. The number of hydrogen-bond acceptors (Lipinski definition) is 4. The highest BCUT2D eigenvalue weighted by molar-refractivity contribution is 5.94. The SMILES string of the molecule is C=CCOc1c(C)c(C)nc(C)c1C(=O)OCC.CC. The minimum Gasteiger partial charge on any atom is -0.488 e. The van der Waals surface area contributed by atoms with Gasteiger partial charge in [0, 0.05) is 11.3 Å². The zero-order chi connectivity index (χ0) is 15.7. The van der Waals surface area contributed by atoms with Gasteiger partial charge in [0.15, 0.2) is 0 Å². The maximum absolute atomic E-state index is 11.9. The monoisotopic (exact) mass is 279 g/mol. The summed E-state index contributed by atoms with van der Waals surface area (Å²) in [6.45, 7) is 15.6. The average Bonchev–Trinajstić information content (AvgIpc) is 2.43. The van der Waals surface area contributed by atoms with Crippen LogP contribution in [0, 0.1) is 20.8 Å². The van der Waals surface area contributed by atoms with Crippen LogP contribution in [0.15, 0.2) is 12.7 Å². The van der Waals surface area contributed by atoms with Crippen LogP contribution in [-0.2, 0) is 4.74 Å². The normalized spacial score (nSPS) is 9.30. The van der Waals surface area contributed by atoms with Crippen molar-refractivity contribution < 1.29 is 14.3 Å². The van der Waals surface area contributed by atoms with Crippen LogP contribution in [-0.4, -0.2) is 24.2 Å². The summed E-state index contributed by atoms with van der Waals surface area (Å²) in [5, 5.41) is 0. The fraction of sp³-hybridized carbons (Fsp3) is 0.500. The van der Waals surface area contributed by atoms with E-state index in [9.17, 15) is 4.79 Å². The number of esters is 1. The van der Waals surface area contributed by atoms with Crippen molar-refractivity contribution in [3.8, 4) is 5.75 Å². The molecule has 0 spiro atoms. The zero-order valence-corrected chi connectivity index (χ0v) is 13.4.